The van der Waals surface area contributed by atoms with Crippen molar-refractivity contribution in [3.63, 3.8) is 0 Å². The van der Waals surface area contributed by atoms with Crippen LogP contribution < -0.4 is 9.88 Å². The van der Waals surface area contributed by atoms with Crippen molar-refractivity contribution in [2.24, 2.45) is 5.14 Å². The molecule has 0 aliphatic rings. The standard InChI is InChI=1S/C11H15BrClNO3S/c1-3-4-7(2)17-11-9(13)5-8(12)6-10(11)18(14,15)16/h5-7H,3-4H2,1-2H3,(H2,14,15,16). The van der Waals surface area contributed by atoms with E-state index in [2.05, 4.69) is 15.9 Å². The predicted octanol–water partition coefficient (Wildman–Crippen LogP) is 3.32. The first-order valence-corrected chi connectivity index (χ1v) is 8.16. The number of hydrogen-bond acceptors (Lipinski definition) is 3. The van der Waals surface area contributed by atoms with E-state index < -0.39 is 10.0 Å². The number of sulfonamides is 1. The van der Waals surface area contributed by atoms with Crippen molar-refractivity contribution in [2.45, 2.75) is 37.7 Å². The van der Waals surface area contributed by atoms with Crippen LogP contribution in [-0.2, 0) is 10.0 Å². The van der Waals surface area contributed by atoms with Gasteiger partial charge in [0.2, 0.25) is 10.0 Å². The quantitative estimate of drug-likeness (QED) is 0.880. The minimum atomic E-state index is -3.88. The maximum absolute atomic E-state index is 11.5. The molecule has 0 fully saturated rings. The van der Waals surface area contributed by atoms with Crippen molar-refractivity contribution < 1.29 is 13.2 Å². The molecule has 0 aromatic heterocycles. The Morgan fingerprint density at radius 3 is 2.61 bits per heavy atom. The largest absolute Gasteiger partial charge is 0.488 e. The highest BCUT2D eigenvalue weighted by atomic mass is 79.9. The van der Waals surface area contributed by atoms with Crippen molar-refractivity contribution in [1.82, 2.24) is 0 Å². The van der Waals surface area contributed by atoms with Gasteiger partial charge >= 0.3 is 0 Å². The molecule has 0 radical (unpaired) electrons. The average molecular weight is 357 g/mol. The maximum atomic E-state index is 11.5. The molecule has 102 valence electrons. The van der Waals surface area contributed by atoms with Crippen LogP contribution in [-0.4, -0.2) is 14.5 Å². The van der Waals surface area contributed by atoms with Gasteiger partial charge in [-0.05, 0) is 25.5 Å². The van der Waals surface area contributed by atoms with Gasteiger partial charge in [0.15, 0.2) is 5.75 Å². The third kappa shape index (κ3) is 4.12. The molecular formula is C11H15BrClNO3S. The fraction of sp³-hybridized carbons (Fsp3) is 0.455. The van der Waals surface area contributed by atoms with E-state index in [0.717, 1.165) is 12.8 Å². The van der Waals surface area contributed by atoms with Gasteiger partial charge in [0, 0.05) is 4.47 Å². The van der Waals surface area contributed by atoms with Gasteiger partial charge in [0.1, 0.15) is 4.90 Å². The van der Waals surface area contributed by atoms with Crippen LogP contribution >= 0.6 is 27.5 Å². The zero-order valence-corrected chi connectivity index (χ0v) is 13.3. The van der Waals surface area contributed by atoms with Gasteiger partial charge in [-0.3, -0.25) is 0 Å². The zero-order chi connectivity index (χ0) is 13.9. The number of rotatable bonds is 5. The molecule has 1 unspecified atom stereocenters. The summed E-state index contributed by atoms with van der Waals surface area (Å²) in [6.07, 6.45) is 1.60. The first-order valence-electron chi connectivity index (χ1n) is 5.44. The summed E-state index contributed by atoms with van der Waals surface area (Å²) < 4.78 is 29.2. The molecule has 1 atom stereocenters. The van der Waals surface area contributed by atoms with E-state index in [1.165, 1.54) is 6.07 Å². The Hall–Kier alpha value is -0.300. The predicted molar refractivity (Wildman–Crippen MR) is 75.5 cm³/mol. The van der Waals surface area contributed by atoms with E-state index in [-0.39, 0.29) is 21.8 Å². The lowest BCUT2D eigenvalue weighted by atomic mass is 10.2. The van der Waals surface area contributed by atoms with Gasteiger partial charge < -0.3 is 4.74 Å². The van der Waals surface area contributed by atoms with Crippen LogP contribution in [0.25, 0.3) is 0 Å². The summed E-state index contributed by atoms with van der Waals surface area (Å²) in [7, 11) is -3.88. The summed E-state index contributed by atoms with van der Waals surface area (Å²) in [5.74, 6) is 0.114. The average Bonchev–Trinajstić information content (AvgIpc) is 2.20. The number of ether oxygens (including phenoxy) is 1. The highest BCUT2D eigenvalue weighted by molar-refractivity contribution is 9.10. The summed E-state index contributed by atoms with van der Waals surface area (Å²) in [6, 6.07) is 2.96. The Morgan fingerprint density at radius 1 is 1.50 bits per heavy atom. The third-order valence-electron chi connectivity index (χ3n) is 2.30. The fourth-order valence-electron chi connectivity index (χ4n) is 1.53. The molecule has 0 saturated carbocycles. The SMILES string of the molecule is CCCC(C)Oc1c(Cl)cc(Br)cc1S(N)(=O)=O. The Morgan fingerprint density at radius 2 is 2.11 bits per heavy atom. The molecule has 0 amide bonds. The van der Waals surface area contributed by atoms with Crippen LogP contribution in [0.3, 0.4) is 0 Å². The molecule has 4 nitrogen and oxygen atoms in total. The van der Waals surface area contributed by atoms with Crippen LogP contribution in [0.4, 0.5) is 0 Å². The second kappa shape index (κ2) is 6.23. The number of nitrogens with two attached hydrogens (primary N) is 1. The van der Waals surface area contributed by atoms with Crippen molar-refractivity contribution in [3.05, 3.63) is 21.6 Å². The summed E-state index contributed by atoms with van der Waals surface area (Å²) in [5, 5.41) is 5.38. The fourth-order valence-corrected chi connectivity index (χ4v) is 3.30. The van der Waals surface area contributed by atoms with Crippen LogP contribution in [0.1, 0.15) is 26.7 Å². The molecular weight excluding hydrogens is 342 g/mol. The van der Waals surface area contributed by atoms with E-state index in [4.69, 9.17) is 21.5 Å². The topological polar surface area (TPSA) is 69.4 Å². The van der Waals surface area contributed by atoms with Crippen LogP contribution in [0.15, 0.2) is 21.5 Å². The monoisotopic (exact) mass is 355 g/mol. The van der Waals surface area contributed by atoms with E-state index in [1.54, 1.807) is 6.07 Å². The van der Waals surface area contributed by atoms with E-state index in [9.17, 15) is 8.42 Å². The van der Waals surface area contributed by atoms with Gasteiger partial charge in [-0.1, -0.05) is 40.9 Å². The smallest absolute Gasteiger partial charge is 0.241 e. The Labute approximate surface area is 121 Å². The van der Waals surface area contributed by atoms with Crippen molar-refractivity contribution >= 4 is 37.6 Å². The normalized spacial score (nSPS) is 13.4. The molecule has 0 heterocycles. The number of hydrogen-bond donors (Lipinski definition) is 1. The van der Waals surface area contributed by atoms with Gasteiger partial charge in [0.05, 0.1) is 11.1 Å². The number of halogens is 2. The Balaban J connectivity index is 3.25. The van der Waals surface area contributed by atoms with Gasteiger partial charge in [-0.25, -0.2) is 13.6 Å². The minimum Gasteiger partial charge on any atom is -0.488 e. The van der Waals surface area contributed by atoms with Crippen LogP contribution in [0, 0.1) is 0 Å². The maximum Gasteiger partial charge on any atom is 0.241 e. The minimum absolute atomic E-state index is 0.107. The van der Waals surface area contributed by atoms with Gasteiger partial charge in [-0.15, -0.1) is 0 Å². The van der Waals surface area contributed by atoms with Crippen LogP contribution in [0.5, 0.6) is 5.75 Å². The Bertz CT molecular complexity index is 533. The first-order chi connectivity index (χ1) is 8.25. The molecule has 2 N–H and O–H groups in total. The molecule has 0 aliphatic carbocycles. The molecule has 0 bridgehead atoms. The number of primary sulfonamides is 1. The van der Waals surface area contributed by atoms with Crippen LogP contribution in [0.2, 0.25) is 5.02 Å². The molecule has 0 aliphatic heterocycles. The summed E-state index contributed by atoms with van der Waals surface area (Å²) in [5.41, 5.74) is 0. The number of benzene rings is 1. The molecule has 0 spiro atoms. The first kappa shape index (κ1) is 15.8. The highest BCUT2D eigenvalue weighted by Crippen LogP contribution is 2.35. The lowest BCUT2D eigenvalue weighted by molar-refractivity contribution is 0.204. The van der Waals surface area contributed by atoms with Crippen molar-refractivity contribution in [2.75, 3.05) is 0 Å². The summed E-state index contributed by atoms with van der Waals surface area (Å²) in [6.45, 7) is 3.87. The zero-order valence-electron chi connectivity index (χ0n) is 10.1. The summed E-state index contributed by atoms with van der Waals surface area (Å²) >= 11 is 9.19. The van der Waals surface area contributed by atoms with Crippen molar-refractivity contribution in [1.29, 1.82) is 0 Å². The second-order valence-electron chi connectivity index (χ2n) is 3.98. The van der Waals surface area contributed by atoms with E-state index in [0.29, 0.717) is 4.47 Å². The van der Waals surface area contributed by atoms with Crippen molar-refractivity contribution in [3.8, 4) is 5.75 Å². The third-order valence-corrected chi connectivity index (χ3v) is 3.95. The Kier molecular flexibility index (Phi) is 5.46. The highest BCUT2D eigenvalue weighted by Gasteiger charge is 2.21. The summed E-state index contributed by atoms with van der Waals surface area (Å²) in [4.78, 5) is -0.107. The second-order valence-corrected chi connectivity index (χ2v) is 6.83. The molecule has 1 aromatic rings. The molecule has 1 aromatic carbocycles. The lowest BCUT2D eigenvalue weighted by Gasteiger charge is -2.17. The van der Waals surface area contributed by atoms with Gasteiger partial charge in [0.25, 0.3) is 0 Å². The molecule has 0 saturated heterocycles. The lowest BCUT2D eigenvalue weighted by Crippen LogP contribution is -2.18. The van der Waals surface area contributed by atoms with E-state index >= 15 is 0 Å². The molecule has 7 heteroatoms. The molecule has 18 heavy (non-hydrogen) atoms. The molecule has 1 rings (SSSR count). The van der Waals surface area contributed by atoms with Gasteiger partial charge in [-0.2, -0.15) is 0 Å². The van der Waals surface area contributed by atoms with E-state index in [1.807, 2.05) is 13.8 Å².